The van der Waals surface area contributed by atoms with Crippen LogP contribution in [0.4, 0.5) is 5.69 Å². The lowest BCUT2D eigenvalue weighted by atomic mass is 10.1. The second-order valence-corrected chi connectivity index (χ2v) is 4.89. The zero-order chi connectivity index (χ0) is 16.1. The SMILES string of the molecule is CCOc1ccc(C(=O)N(C)c2cc(Cl)ccc2C#N)cn1. The van der Waals surface area contributed by atoms with Crippen molar-refractivity contribution in [2.24, 2.45) is 0 Å². The Morgan fingerprint density at radius 1 is 1.41 bits per heavy atom. The molecular weight excluding hydrogens is 302 g/mol. The van der Waals surface area contributed by atoms with Crippen LogP contribution < -0.4 is 9.64 Å². The standard InChI is InChI=1S/C16H14ClN3O2/c1-3-22-15-7-5-12(10-19-15)16(21)20(2)14-8-13(17)6-4-11(14)9-18/h4-8,10H,3H2,1-2H3. The number of carbonyl (C=O) groups is 1. The van der Waals surface area contributed by atoms with Gasteiger partial charge >= 0.3 is 0 Å². The minimum Gasteiger partial charge on any atom is -0.478 e. The Labute approximate surface area is 133 Å². The first-order valence-electron chi connectivity index (χ1n) is 6.63. The number of pyridine rings is 1. The lowest BCUT2D eigenvalue weighted by molar-refractivity contribution is 0.0992. The highest BCUT2D eigenvalue weighted by molar-refractivity contribution is 6.31. The molecule has 0 radical (unpaired) electrons. The van der Waals surface area contributed by atoms with E-state index in [0.29, 0.717) is 34.3 Å². The van der Waals surface area contributed by atoms with Crippen molar-refractivity contribution < 1.29 is 9.53 Å². The molecule has 6 heteroatoms. The number of benzene rings is 1. The van der Waals surface area contributed by atoms with E-state index in [9.17, 15) is 4.79 Å². The summed E-state index contributed by atoms with van der Waals surface area (Å²) in [4.78, 5) is 17.9. The summed E-state index contributed by atoms with van der Waals surface area (Å²) in [6.07, 6.45) is 1.44. The quantitative estimate of drug-likeness (QED) is 0.868. The van der Waals surface area contributed by atoms with E-state index in [2.05, 4.69) is 4.98 Å². The number of hydrogen-bond donors (Lipinski definition) is 0. The highest BCUT2D eigenvalue weighted by atomic mass is 35.5. The van der Waals surface area contributed by atoms with Crippen LogP contribution in [0, 0.1) is 11.3 Å². The molecule has 0 bridgehead atoms. The molecule has 0 saturated carbocycles. The maximum atomic E-state index is 12.5. The second kappa shape index (κ2) is 6.92. The average molecular weight is 316 g/mol. The molecule has 0 spiro atoms. The van der Waals surface area contributed by atoms with E-state index >= 15 is 0 Å². The summed E-state index contributed by atoms with van der Waals surface area (Å²) in [5, 5.41) is 9.60. The molecule has 1 aromatic heterocycles. The number of rotatable bonds is 4. The molecule has 1 amide bonds. The molecule has 0 aliphatic carbocycles. The van der Waals surface area contributed by atoms with Crippen molar-refractivity contribution in [1.82, 2.24) is 4.98 Å². The van der Waals surface area contributed by atoms with Gasteiger partial charge in [-0.25, -0.2) is 4.98 Å². The number of anilines is 1. The van der Waals surface area contributed by atoms with Gasteiger partial charge in [-0.3, -0.25) is 4.79 Å². The van der Waals surface area contributed by atoms with E-state index in [1.54, 1.807) is 37.4 Å². The van der Waals surface area contributed by atoms with Gasteiger partial charge in [0.25, 0.3) is 5.91 Å². The van der Waals surface area contributed by atoms with E-state index in [1.165, 1.54) is 11.1 Å². The third-order valence-electron chi connectivity index (χ3n) is 3.02. The molecule has 0 aliphatic heterocycles. The summed E-state index contributed by atoms with van der Waals surface area (Å²) < 4.78 is 5.24. The number of amides is 1. The molecule has 0 fully saturated rings. The fourth-order valence-corrected chi connectivity index (χ4v) is 2.09. The molecule has 22 heavy (non-hydrogen) atoms. The van der Waals surface area contributed by atoms with Crippen LogP contribution in [0.15, 0.2) is 36.5 Å². The second-order valence-electron chi connectivity index (χ2n) is 4.46. The number of hydrogen-bond acceptors (Lipinski definition) is 4. The lowest BCUT2D eigenvalue weighted by Gasteiger charge is -2.19. The summed E-state index contributed by atoms with van der Waals surface area (Å²) in [5.74, 6) is 0.177. The predicted octanol–water partition coefficient (Wildman–Crippen LogP) is 3.28. The van der Waals surface area contributed by atoms with Crippen LogP contribution in [0.3, 0.4) is 0 Å². The zero-order valence-corrected chi connectivity index (χ0v) is 13.0. The fraction of sp³-hybridized carbons (Fsp3) is 0.188. The number of halogens is 1. The van der Waals surface area contributed by atoms with Gasteiger partial charge in [0.05, 0.1) is 23.4 Å². The Balaban J connectivity index is 2.29. The van der Waals surface area contributed by atoms with Gasteiger partial charge in [-0.05, 0) is 31.2 Å². The number of ether oxygens (including phenoxy) is 1. The third-order valence-corrected chi connectivity index (χ3v) is 3.26. The van der Waals surface area contributed by atoms with Crippen molar-refractivity contribution in [1.29, 1.82) is 5.26 Å². The highest BCUT2D eigenvalue weighted by Gasteiger charge is 2.17. The lowest BCUT2D eigenvalue weighted by Crippen LogP contribution is -2.27. The monoisotopic (exact) mass is 315 g/mol. The Morgan fingerprint density at radius 3 is 2.77 bits per heavy atom. The first-order chi connectivity index (χ1) is 10.6. The minimum atomic E-state index is -0.283. The summed E-state index contributed by atoms with van der Waals surface area (Å²) in [7, 11) is 1.59. The highest BCUT2D eigenvalue weighted by Crippen LogP contribution is 2.25. The molecule has 5 nitrogen and oxygen atoms in total. The van der Waals surface area contributed by atoms with Crippen molar-refractivity contribution in [3.63, 3.8) is 0 Å². The van der Waals surface area contributed by atoms with Gasteiger partial charge in [-0.2, -0.15) is 5.26 Å². The van der Waals surface area contributed by atoms with Gasteiger partial charge in [0, 0.05) is 24.3 Å². The molecule has 1 heterocycles. The Bertz CT molecular complexity index is 723. The van der Waals surface area contributed by atoms with E-state index in [0.717, 1.165) is 0 Å². The fourth-order valence-electron chi connectivity index (χ4n) is 1.92. The predicted molar refractivity (Wildman–Crippen MR) is 84.3 cm³/mol. The Hall–Kier alpha value is -2.58. The van der Waals surface area contributed by atoms with Gasteiger partial charge in [0.15, 0.2) is 0 Å². The zero-order valence-electron chi connectivity index (χ0n) is 12.2. The summed E-state index contributed by atoms with van der Waals surface area (Å²) in [6.45, 7) is 2.37. The van der Waals surface area contributed by atoms with E-state index in [4.69, 9.17) is 21.6 Å². The van der Waals surface area contributed by atoms with E-state index in [1.807, 2.05) is 13.0 Å². The minimum absolute atomic E-state index is 0.283. The van der Waals surface area contributed by atoms with E-state index < -0.39 is 0 Å². The summed E-state index contributed by atoms with van der Waals surface area (Å²) in [5.41, 5.74) is 1.22. The Morgan fingerprint density at radius 2 is 2.18 bits per heavy atom. The summed E-state index contributed by atoms with van der Waals surface area (Å²) >= 11 is 5.95. The van der Waals surface area contributed by atoms with Crippen molar-refractivity contribution in [3.8, 4) is 11.9 Å². The largest absolute Gasteiger partial charge is 0.478 e. The number of carbonyl (C=O) groups excluding carboxylic acids is 1. The molecule has 0 aliphatic rings. The van der Waals surface area contributed by atoms with Crippen LogP contribution in [-0.2, 0) is 0 Å². The first kappa shape index (κ1) is 15.8. The molecule has 112 valence electrons. The maximum Gasteiger partial charge on any atom is 0.259 e. The van der Waals surface area contributed by atoms with Gasteiger partial charge in [0.1, 0.15) is 6.07 Å². The number of nitriles is 1. The average Bonchev–Trinajstić information content (AvgIpc) is 2.54. The molecule has 0 unspecified atom stereocenters. The van der Waals surface area contributed by atoms with Gasteiger partial charge in [-0.15, -0.1) is 0 Å². The van der Waals surface area contributed by atoms with Crippen molar-refractivity contribution >= 4 is 23.2 Å². The van der Waals surface area contributed by atoms with Gasteiger partial charge < -0.3 is 9.64 Å². The third kappa shape index (κ3) is 3.35. The smallest absolute Gasteiger partial charge is 0.259 e. The molecule has 0 atom stereocenters. The number of nitrogens with zero attached hydrogens (tertiary/aromatic N) is 3. The molecule has 0 N–H and O–H groups in total. The number of aromatic nitrogens is 1. The van der Waals surface area contributed by atoms with Gasteiger partial charge in [0.2, 0.25) is 5.88 Å². The van der Waals surface area contributed by atoms with Crippen LogP contribution in [-0.4, -0.2) is 24.5 Å². The van der Waals surface area contributed by atoms with Crippen LogP contribution in [0.2, 0.25) is 5.02 Å². The van der Waals surface area contributed by atoms with Crippen molar-refractivity contribution in [2.75, 3.05) is 18.6 Å². The topological polar surface area (TPSA) is 66.2 Å². The Kier molecular flexibility index (Phi) is 4.97. The van der Waals surface area contributed by atoms with Crippen molar-refractivity contribution in [3.05, 3.63) is 52.7 Å². The van der Waals surface area contributed by atoms with Crippen LogP contribution in [0.5, 0.6) is 5.88 Å². The molecule has 0 saturated heterocycles. The first-order valence-corrected chi connectivity index (χ1v) is 7.01. The van der Waals surface area contributed by atoms with Crippen LogP contribution in [0.1, 0.15) is 22.8 Å². The molecule has 2 rings (SSSR count). The maximum absolute atomic E-state index is 12.5. The molecule has 1 aromatic carbocycles. The molecule has 2 aromatic rings. The van der Waals surface area contributed by atoms with Crippen LogP contribution >= 0.6 is 11.6 Å². The van der Waals surface area contributed by atoms with E-state index in [-0.39, 0.29) is 5.91 Å². The van der Waals surface area contributed by atoms with Gasteiger partial charge in [-0.1, -0.05) is 11.6 Å². The van der Waals surface area contributed by atoms with Crippen LogP contribution in [0.25, 0.3) is 0 Å². The normalized spacial score (nSPS) is 9.91. The molecular formula is C16H14ClN3O2. The van der Waals surface area contributed by atoms with Crippen molar-refractivity contribution in [2.45, 2.75) is 6.92 Å². The summed E-state index contributed by atoms with van der Waals surface area (Å²) in [6, 6.07) is 10.1.